The second-order valence-corrected chi connectivity index (χ2v) is 5.53. The molecule has 3 aromatic rings. The van der Waals surface area contributed by atoms with Crippen LogP contribution in [-0.2, 0) is 0 Å². The van der Waals surface area contributed by atoms with Gasteiger partial charge < -0.3 is 10.6 Å². The predicted octanol–water partition coefficient (Wildman–Crippen LogP) is 4.04. The summed E-state index contributed by atoms with van der Waals surface area (Å²) in [7, 11) is 0. The molecule has 0 radical (unpaired) electrons. The Kier molecular flexibility index (Phi) is 4.99. The van der Waals surface area contributed by atoms with Crippen LogP contribution in [0.25, 0.3) is 0 Å². The molecule has 3 rings (SSSR count). The summed E-state index contributed by atoms with van der Waals surface area (Å²) >= 11 is 0. The van der Waals surface area contributed by atoms with E-state index in [1.807, 2.05) is 37.3 Å². The molecule has 2 aromatic carbocycles. The molecule has 0 aliphatic heterocycles. The zero-order valence-electron chi connectivity index (χ0n) is 13.6. The third kappa shape index (κ3) is 4.38. The van der Waals surface area contributed by atoms with Crippen LogP contribution in [0.4, 0.5) is 15.9 Å². The normalized spacial score (nSPS) is 11.6. The van der Waals surface area contributed by atoms with E-state index in [0.717, 1.165) is 5.56 Å². The molecular formula is C19H17FN4O. The van der Waals surface area contributed by atoms with E-state index in [2.05, 4.69) is 20.6 Å². The first-order valence-electron chi connectivity index (χ1n) is 7.82. The molecule has 0 bridgehead atoms. The summed E-state index contributed by atoms with van der Waals surface area (Å²) in [4.78, 5) is 20.4. The third-order valence-corrected chi connectivity index (χ3v) is 3.67. The van der Waals surface area contributed by atoms with Crippen molar-refractivity contribution in [1.82, 2.24) is 9.97 Å². The Morgan fingerprint density at radius 2 is 1.76 bits per heavy atom. The van der Waals surface area contributed by atoms with Gasteiger partial charge in [-0.15, -0.1) is 0 Å². The van der Waals surface area contributed by atoms with Crippen molar-refractivity contribution in [2.75, 3.05) is 10.6 Å². The summed E-state index contributed by atoms with van der Waals surface area (Å²) in [6, 6.07) is 17.1. The van der Waals surface area contributed by atoms with Crippen molar-refractivity contribution in [3.05, 3.63) is 84.1 Å². The zero-order chi connectivity index (χ0) is 17.6. The third-order valence-electron chi connectivity index (χ3n) is 3.67. The number of hydrogen-bond acceptors (Lipinski definition) is 4. The first kappa shape index (κ1) is 16.6. The minimum Gasteiger partial charge on any atom is -0.363 e. The van der Waals surface area contributed by atoms with Crippen LogP contribution in [0.15, 0.2) is 67.0 Å². The van der Waals surface area contributed by atoms with Crippen molar-refractivity contribution in [2.24, 2.45) is 0 Å². The van der Waals surface area contributed by atoms with E-state index in [4.69, 9.17) is 0 Å². The molecule has 0 saturated heterocycles. The van der Waals surface area contributed by atoms with E-state index < -0.39 is 0 Å². The number of nitrogens with one attached hydrogen (secondary N) is 2. The summed E-state index contributed by atoms with van der Waals surface area (Å²) in [5, 5.41) is 5.92. The second-order valence-electron chi connectivity index (χ2n) is 5.53. The quantitative estimate of drug-likeness (QED) is 0.738. The molecule has 1 heterocycles. The number of benzene rings is 2. The molecule has 25 heavy (non-hydrogen) atoms. The Morgan fingerprint density at radius 1 is 1.04 bits per heavy atom. The Labute approximate surface area is 145 Å². The van der Waals surface area contributed by atoms with Crippen molar-refractivity contribution in [2.45, 2.75) is 13.0 Å². The zero-order valence-corrected chi connectivity index (χ0v) is 13.6. The summed E-state index contributed by atoms with van der Waals surface area (Å²) in [6.45, 7) is 2.01. The Bertz CT molecular complexity index is 853. The van der Waals surface area contributed by atoms with Crippen molar-refractivity contribution in [3.63, 3.8) is 0 Å². The first-order chi connectivity index (χ1) is 12.1. The number of aromatic nitrogens is 2. The molecular weight excluding hydrogens is 319 g/mol. The molecule has 1 aromatic heterocycles. The fourth-order valence-corrected chi connectivity index (χ4v) is 2.34. The van der Waals surface area contributed by atoms with Crippen LogP contribution in [0.3, 0.4) is 0 Å². The smallest absolute Gasteiger partial charge is 0.274 e. The van der Waals surface area contributed by atoms with Gasteiger partial charge in [-0.25, -0.2) is 14.4 Å². The van der Waals surface area contributed by atoms with Crippen LogP contribution in [0.2, 0.25) is 0 Å². The highest BCUT2D eigenvalue weighted by Crippen LogP contribution is 2.18. The molecule has 1 atom stereocenters. The Morgan fingerprint density at radius 3 is 2.48 bits per heavy atom. The highest BCUT2D eigenvalue weighted by Gasteiger charge is 2.11. The number of halogens is 1. The number of carbonyl (C=O) groups excluding carboxylic acids is 1. The standard InChI is InChI=1S/C19H17FN4O/c1-13(14-5-3-2-4-6-14)23-18-11-17(21-12-22-18)19(25)24-16-9-7-15(20)8-10-16/h2-13H,1H3,(H,24,25)(H,21,22,23). The molecule has 0 fully saturated rings. The van der Waals surface area contributed by atoms with E-state index in [9.17, 15) is 9.18 Å². The maximum absolute atomic E-state index is 12.9. The van der Waals surface area contributed by atoms with Gasteiger partial charge in [-0.05, 0) is 36.8 Å². The minimum atomic E-state index is -0.385. The molecule has 126 valence electrons. The molecule has 2 N–H and O–H groups in total. The summed E-state index contributed by atoms with van der Waals surface area (Å²) in [5.41, 5.74) is 1.83. The highest BCUT2D eigenvalue weighted by atomic mass is 19.1. The van der Waals surface area contributed by atoms with Gasteiger partial charge in [-0.3, -0.25) is 4.79 Å². The lowest BCUT2D eigenvalue weighted by Crippen LogP contribution is -2.15. The van der Waals surface area contributed by atoms with Gasteiger partial charge >= 0.3 is 0 Å². The highest BCUT2D eigenvalue weighted by molar-refractivity contribution is 6.03. The number of anilines is 2. The summed E-state index contributed by atoms with van der Waals surface area (Å²) < 4.78 is 12.9. The lowest BCUT2D eigenvalue weighted by atomic mass is 10.1. The van der Waals surface area contributed by atoms with Crippen LogP contribution >= 0.6 is 0 Å². The molecule has 1 amide bonds. The Balaban J connectivity index is 1.70. The predicted molar refractivity (Wildman–Crippen MR) is 94.9 cm³/mol. The fraction of sp³-hybridized carbons (Fsp3) is 0.105. The van der Waals surface area contributed by atoms with Gasteiger partial charge in [-0.2, -0.15) is 0 Å². The molecule has 6 heteroatoms. The van der Waals surface area contributed by atoms with Crippen LogP contribution in [0.1, 0.15) is 29.0 Å². The van der Waals surface area contributed by atoms with Crippen LogP contribution in [0.5, 0.6) is 0 Å². The van der Waals surface area contributed by atoms with E-state index in [-0.39, 0.29) is 23.5 Å². The number of nitrogens with zero attached hydrogens (tertiary/aromatic N) is 2. The van der Waals surface area contributed by atoms with Gasteiger partial charge in [-0.1, -0.05) is 30.3 Å². The van der Waals surface area contributed by atoms with Gasteiger partial charge in [0.15, 0.2) is 0 Å². The lowest BCUT2D eigenvalue weighted by molar-refractivity contribution is 0.102. The number of rotatable bonds is 5. The molecule has 0 spiro atoms. The molecule has 5 nitrogen and oxygen atoms in total. The monoisotopic (exact) mass is 336 g/mol. The molecule has 1 unspecified atom stereocenters. The topological polar surface area (TPSA) is 66.9 Å². The largest absolute Gasteiger partial charge is 0.363 e. The average molecular weight is 336 g/mol. The van der Waals surface area contributed by atoms with Gasteiger partial charge in [0.05, 0.1) is 0 Å². The summed E-state index contributed by atoms with van der Waals surface area (Å²) in [5.74, 6) is -0.193. The van der Waals surface area contributed by atoms with Gasteiger partial charge in [0.2, 0.25) is 0 Å². The fourth-order valence-electron chi connectivity index (χ4n) is 2.34. The molecule has 0 aliphatic rings. The van der Waals surface area contributed by atoms with Crippen LogP contribution in [0, 0.1) is 5.82 Å². The van der Waals surface area contributed by atoms with Crippen LogP contribution in [-0.4, -0.2) is 15.9 Å². The first-order valence-corrected chi connectivity index (χ1v) is 7.82. The number of amides is 1. The van der Waals surface area contributed by atoms with E-state index in [1.165, 1.54) is 30.6 Å². The Hall–Kier alpha value is -3.28. The van der Waals surface area contributed by atoms with Gasteiger partial charge in [0.1, 0.15) is 23.7 Å². The minimum absolute atomic E-state index is 0.0316. The second kappa shape index (κ2) is 7.53. The SMILES string of the molecule is CC(Nc1cc(C(=O)Nc2ccc(F)cc2)ncn1)c1ccccc1. The maximum atomic E-state index is 12.9. The number of carbonyl (C=O) groups is 1. The molecule has 0 aliphatic carbocycles. The lowest BCUT2D eigenvalue weighted by Gasteiger charge is -2.15. The van der Waals surface area contributed by atoms with Crippen molar-refractivity contribution in [3.8, 4) is 0 Å². The van der Waals surface area contributed by atoms with Gasteiger partial charge in [0, 0.05) is 17.8 Å². The van der Waals surface area contributed by atoms with E-state index in [1.54, 1.807) is 6.07 Å². The van der Waals surface area contributed by atoms with Crippen molar-refractivity contribution in [1.29, 1.82) is 0 Å². The van der Waals surface area contributed by atoms with Crippen molar-refractivity contribution < 1.29 is 9.18 Å². The van der Waals surface area contributed by atoms with E-state index in [0.29, 0.717) is 11.5 Å². The average Bonchev–Trinajstić information content (AvgIpc) is 2.64. The maximum Gasteiger partial charge on any atom is 0.274 e. The van der Waals surface area contributed by atoms with Crippen LogP contribution < -0.4 is 10.6 Å². The van der Waals surface area contributed by atoms with Crippen molar-refractivity contribution >= 4 is 17.4 Å². The molecule has 0 saturated carbocycles. The van der Waals surface area contributed by atoms with E-state index >= 15 is 0 Å². The summed E-state index contributed by atoms with van der Waals surface area (Å²) in [6.07, 6.45) is 1.33. The van der Waals surface area contributed by atoms with Gasteiger partial charge in [0.25, 0.3) is 5.91 Å². The number of hydrogen-bond donors (Lipinski definition) is 2.